The van der Waals surface area contributed by atoms with E-state index in [-0.39, 0.29) is 24.8 Å². The van der Waals surface area contributed by atoms with Crippen LogP contribution in [0.2, 0.25) is 0 Å². The van der Waals surface area contributed by atoms with Gasteiger partial charge in [-0.1, -0.05) is 19.3 Å². The van der Waals surface area contributed by atoms with E-state index >= 15 is 0 Å². The summed E-state index contributed by atoms with van der Waals surface area (Å²) in [5, 5.41) is 11.4. The van der Waals surface area contributed by atoms with Gasteiger partial charge in [0.1, 0.15) is 0 Å². The molecule has 0 saturated heterocycles. The van der Waals surface area contributed by atoms with Crippen molar-refractivity contribution >= 4 is 11.9 Å². The van der Waals surface area contributed by atoms with Crippen molar-refractivity contribution in [3.05, 3.63) is 0 Å². The van der Waals surface area contributed by atoms with E-state index in [1.807, 2.05) is 0 Å². The lowest BCUT2D eigenvalue weighted by molar-refractivity contribution is -0.140. The highest BCUT2D eigenvalue weighted by Crippen LogP contribution is 2.23. The zero-order valence-electron chi connectivity index (χ0n) is 10.3. The Morgan fingerprint density at radius 3 is 2.53 bits per heavy atom. The molecule has 17 heavy (non-hydrogen) atoms. The number of methoxy groups -OCH3 is 1. The molecule has 0 aliphatic heterocycles. The van der Waals surface area contributed by atoms with Gasteiger partial charge in [0.25, 0.3) is 0 Å². The second kappa shape index (κ2) is 7.27. The molecule has 1 amide bonds. The van der Waals surface area contributed by atoms with Crippen molar-refractivity contribution in [3.8, 4) is 0 Å². The van der Waals surface area contributed by atoms with E-state index in [9.17, 15) is 9.59 Å². The molecule has 5 nitrogen and oxygen atoms in total. The molecule has 2 N–H and O–H groups in total. The first-order chi connectivity index (χ1) is 8.13. The maximum absolute atomic E-state index is 11.8. The minimum atomic E-state index is -0.913. The summed E-state index contributed by atoms with van der Waals surface area (Å²) in [6.45, 7) is 0.276. The van der Waals surface area contributed by atoms with Crippen molar-refractivity contribution in [2.45, 2.75) is 44.6 Å². The molecule has 0 bridgehead atoms. The number of aliphatic carboxylic acids is 1. The Labute approximate surface area is 102 Å². The molecular weight excluding hydrogens is 222 g/mol. The highest BCUT2D eigenvalue weighted by Gasteiger charge is 2.22. The number of hydrogen-bond donors (Lipinski definition) is 2. The maximum atomic E-state index is 11.8. The summed E-state index contributed by atoms with van der Waals surface area (Å²) >= 11 is 0. The van der Waals surface area contributed by atoms with Crippen molar-refractivity contribution in [2.24, 2.45) is 5.92 Å². The third-order valence-corrected chi connectivity index (χ3v) is 3.22. The fourth-order valence-electron chi connectivity index (χ4n) is 2.16. The number of carboxylic acids is 1. The predicted octanol–water partition coefficient (Wildman–Crippen LogP) is 1.17. The molecule has 0 radical (unpaired) electrons. The van der Waals surface area contributed by atoms with Crippen LogP contribution < -0.4 is 5.32 Å². The highest BCUT2D eigenvalue weighted by atomic mass is 16.5. The molecule has 1 saturated carbocycles. The van der Waals surface area contributed by atoms with Crippen molar-refractivity contribution in [1.29, 1.82) is 0 Å². The van der Waals surface area contributed by atoms with Crippen LogP contribution in [0.4, 0.5) is 0 Å². The predicted molar refractivity (Wildman–Crippen MR) is 62.6 cm³/mol. The summed E-state index contributed by atoms with van der Waals surface area (Å²) in [5.41, 5.74) is 0. The zero-order valence-corrected chi connectivity index (χ0v) is 10.3. The van der Waals surface area contributed by atoms with E-state index in [0.29, 0.717) is 0 Å². The number of nitrogens with one attached hydrogen (secondary N) is 1. The van der Waals surface area contributed by atoms with Crippen LogP contribution >= 0.6 is 0 Å². The van der Waals surface area contributed by atoms with Crippen LogP contribution in [-0.2, 0) is 14.3 Å². The minimum Gasteiger partial charge on any atom is -0.481 e. The normalized spacial score (nSPS) is 18.6. The van der Waals surface area contributed by atoms with Crippen LogP contribution in [0.15, 0.2) is 0 Å². The first-order valence-corrected chi connectivity index (χ1v) is 6.15. The van der Waals surface area contributed by atoms with Gasteiger partial charge in [0.15, 0.2) is 0 Å². The van der Waals surface area contributed by atoms with Crippen LogP contribution in [0.1, 0.15) is 38.5 Å². The lowest BCUT2D eigenvalue weighted by Crippen LogP contribution is -2.38. The van der Waals surface area contributed by atoms with Crippen molar-refractivity contribution in [2.75, 3.05) is 13.7 Å². The molecule has 1 atom stereocenters. The first-order valence-electron chi connectivity index (χ1n) is 6.15. The number of carbonyl (C=O) groups is 2. The van der Waals surface area contributed by atoms with Crippen molar-refractivity contribution < 1.29 is 19.4 Å². The molecule has 98 valence electrons. The van der Waals surface area contributed by atoms with E-state index in [2.05, 4.69) is 5.32 Å². The van der Waals surface area contributed by atoms with Gasteiger partial charge >= 0.3 is 5.97 Å². The standard InChI is InChI=1S/C12H21NO4/c1-17-10(7-11(14)15)8-13-12(16)9-5-3-2-4-6-9/h9-10H,2-8H2,1H3,(H,13,16)(H,14,15). The summed E-state index contributed by atoms with van der Waals surface area (Å²) < 4.78 is 5.00. The lowest BCUT2D eigenvalue weighted by atomic mass is 9.88. The number of ether oxygens (including phenoxy) is 1. The molecule has 1 fully saturated rings. The SMILES string of the molecule is COC(CNC(=O)C1CCCCC1)CC(=O)O. The van der Waals surface area contributed by atoms with Crippen LogP contribution in [-0.4, -0.2) is 36.7 Å². The maximum Gasteiger partial charge on any atom is 0.306 e. The van der Waals surface area contributed by atoms with E-state index in [1.165, 1.54) is 13.5 Å². The van der Waals surface area contributed by atoms with Crippen LogP contribution in [0.25, 0.3) is 0 Å². The average Bonchev–Trinajstić information content (AvgIpc) is 2.34. The smallest absolute Gasteiger partial charge is 0.306 e. The molecular formula is C12H21NO4. The van der Waals surface area contributed by atoms with E-state index < -0.39 is 12.1 Å². The average molecular weight is 243 g/mol. The van der Waals surface area contributed by atoms with Crippen molar-refractivity contribution in [1.82, 2.24) is 5.32 Å². The molecule has 0 spiro atoms. The number of carbonyl (C=O) groups excluding carboxylic acids is 1. The van der Waals surface area contributed by atoms with Gasteiger partial charge < -0.3 is 15.2 Å². The van der Waals surface area contributed by atoms with E-state index in [4.69, 9.17) is 9.84 Å². The molecule has 0 aromatic heterocycles. The van der Waals surface area contributed by atoms with Gasteiger partial charge in [0.2, 0.25) is 5.91 Å². The third kappa shape index (κ3) is 5.17. The topological polar surface area (TPSA) is 75.6 Å². The minimum absolute atomic E-state index is 0.0390. The Morgan fingerprint density at radius 1 is 1.35 bits per heavy atom. The summed E-state index contributed by atoms with van der Waals surface area (Å²) in [5.74, 6) is -0.771. The van der Waals surface area contributed by atoms with Gasteiger partial charge in [-0.3, -0.25) is 9.59 Å². The van der Waals surface area contributed by atoms with Crippen LogP contribution in [0.3, 0.4) is 0 Å². The molecule has 1 rings (SSSR count). The van der Waals surface area contributed by atoms with Gasteiger partial charge in [-0.25, -0.2) is 0 Å². The molecule has 0 heterocycles. The fraction of sp³-hybridized carbons (Fsp3) is 0.833. The Morgan fingerprint density at radius 2 is 2.00 bits per heavy atom. The number of rotatable bonds is 6. The molecule has 1 aliphatic carbocycles. The Bertz CT molecular complexity index is 261. The van der Waals surface area contributed by atoms with Gasteiger partial charge in [-0.2, -0.15) is 0 Å². The fourth-order valence-corrected chi connectivity index (χ4v) is 2.16. The number of amides is 1. The Kier molecular flexibility index (Phi) is 5.97. The quantitative estimate of drug-likeness (QED) is 0.734. The summed E-state index contributed by atoms with van der Waals surface area (Å²) in [7, 11) is 1.46. The Balaban J connectivity index is 2.27. The van der Waals surface area contributed by atoms with Gasteiger partial charge in [-0.15, -0.1) is 0 Å². The molecule has 0 aromatic carbocycles. The van der Waals surface area contributed by atoms with Crippen LogP contribution in [0, 0.1) is 5.92 Å². The largest absolute Gasteiger partial charge is 0.481 e. The third-order valence-electron chi connectivity index (χ3n) is 3.22. The second-order valence-electron chi connectivity index (χ2n) is 4.54. The van der Waals surface area contributed by atoms with Crippen LogP contribution in [0.5, 0.6) is 0 Å². The summed E-state index contributed by atoms with van der Waals surface area (Å²) in [6, 6.07) is 0. The molecule has 1 aliphatic rings. The van der Waals surface area contributed by atoms with Crippen molar-refractivity contribution in [3.63, 3.8) is 0 Å². The van der Waals surface area contributed by atoms with Gasteiger partial charge in [0.05, 0.1) is 12.5 Å². The zero-order chi connectivity index (χ0) is 12.7. The molecule has 1 unspecified atom stereocenters. The van der Waals surface area contributed by atoms with E-state index in [0.717, 1.165) is 25.7 Å². The van der Waals surface area contributed by atoms with E-state index in [1.54, 1.807) is 0 Å². The second-order valence-corrected chi connectivity index (χ2v) is 4.54. The Hall–Kier alpha value is -1.10. The monoisotopic (exact) mass is 243 g/mol. The molecule has 0 aromatic rings. The number of carboxylic acid groups (broad SMARTS) is 1. The first kappa shape index (κ1) is 14.0. The van der Waals surface area contributed by atoms with Gasteiger partial charge in [-0.05, 0) is 12.8 Å². The summed E-state index contributed by atoms with van der Waals surface area (Å²) in [6.07, 6.45) is 4.80. The number of hydrogen-bond acceptors (Lipinski definition) is 3. The van der Waals surface area contributed by atoms with Gasteiger partial charge in [0, 0.05) is 19.6 Å². The highest BCUT2D eigenvalue weighted by molar-refractivity contribution is 5.78. The summed E-state index contributed by atoms with van der Waals surface area (Å²) in [4.78, 5) is 22.3. The molecule has 5 heteroatoms. The lowest BCUT2D eigenvalue weighted by Gasteiger charge is -2.22.